The van der Waals surface area contributed by atoms with Gasteiger partial charge in [-0.15, -0.1) is 0 Å². The van der Waals surface area contributed by atoms with Crippen LogP contribution in [0.15, 0.2) is 42.6 Å². The summed E-state index contributed by atoms with van der Waals surface area (Å²) < 4.78 is 7.10. The molecule has 1 aliphatic heterocycles. The third kappa shape index (κ3) is 4.50. The van der Waals surface area contributed by atoms with E-state index < -0.39 is 5.97 Å². The minimum atomic E-state index is -1.02. The molecule has 1 aromatic carbocycles. The van der Waals surface area contributed by atoms with Gasteiger partial charge in [-0.2, -0.15) is 5.10 Å². The molecule has 1 spiro atoms. The minimum Gasteiger partial charge on any atom is -0.481 e. The summed E-state index contributed by atoms with van der Waals surface area (Å²) in [6.45, 7) is 5.14. The monoisotopic (exact) mass is 502 g/mol. The smallest absolute Gasteiger partial charge is 0.335 e. The van der Waals surface area contributed by atoms with E-state index in [0.29, 0.717) is 42.2 Å². The first-order valence-corrected chi connectivity index (χ1v) is 12.5. The zero-order chi connectivity index (χ0) is 26.3. The largest absolute Gasteiger partial charge is 0.481 e. The lowest BCUT2D eigenvalue weighted by molar-refractivity contribution is 0.0516. The lowest BCUT2D eigenvalue weighted by atomic mass is 9.67. The van der Waals surface area contributed by atoms with E-state index in [1.165, 1.54) is 19.2 Å². The lowest BCUT2D eigenvalue weighted by Crippen LogP contribution is -2.46. The SMILES string of the molecule is COc1ccc(C(=O)N2CCC3(CC2)CC(=O)c2c(cnn2C(C)C)C3)c(-c2ccc(C(=O)O)cc2)n1. The molecule has 9 nitrogen and oxygen atoms in total. The number of ether oxygens (including phenoxy) is 1. The number of ketones is 1. The van der Waals surface area contributed by atoms with Gasteiger partial charge in [-0.25, -0.2) is 9.78 Å². The van der Waals surface area contributed by atoms with Crippen LogP contribution in [0, 0.1) is 5.41 Å². The highest BCUT2D eigenvalue weighted by Crippen LogP contribution is 2.44. The van der Waals surface area contributed by atoms with Crippen molar-refractivity contribution < 1.29 is 24.2 Å². The molecule has 0 radical (unpaired) electrons. The summed E-state index contributed by atoms with van der Waals surface area (Å²) in [4.78, 5) is 44.4. The van der Waals surface area contributed by atoms with E-state index in [1.54, 1.807) is 24.3 Å². The molecular weight excluding hydrogens is 472 g/mol. The molecule has 37 heavy (non-hydrogen) atoms. The second-order valence-corrected chi connectivity index (χ2v) is 10.3. The number of aromatic carboxylic acids is 1. The quantitative estimate of drug-likeness (QED) is 0.554. The first-order valence-electron chi connectivity index (χ1n) is 12.5. The fourth-order valence-corrected chi connectivity index (χ4v) is 5.54. The van der Waals surface area contributed by atoms with Crippen molar-refractivity contribution in [3.63, 3.8) is 0 Å². The average Bonchev–Trinajstić information content (AvgIpc) is 3.33. The van der Waals surface area contributed by atoms with E-state index >= 15 is 0 Å². The number of piperidine rings is 1. The number of hydrogen-bond donors (Lipinski definition) is 1. The van der Waals surface area contributed by atoms with E-state index in [-0.39, 0.29) is 28.7 Å². The first kappa shape index (κ1) is 24.7. The molecule has 1 aliphatic carbocycles. The van der Waals surface area contributed by atoms with Crippen molar-refractivity contribution in [2.24, 2.45) is 5.41 Å². The third-order valence-electron chi connectivity index (χ3n) is 7.55. The number of hydrogen-bond acceptors (Lipinski definition) is 6. The predicted octanol–water partition coefficient (Wildman–Crippen LogP) is 4.28. The summed E-state index contributed by atoms with van der Waals surface area (Å²) >= 11 is 0. The molecule has 5 rings (SSSR count). The van der Waals surface area contributed by atoms with Crippen molar-refractivity contribution in [1.82, 2.24) is 19.7 Å². The normalized spacial score (nSPS) is 16.6. The molecule has 3 aromatic rings. The molecule has 0 saturated carbocycles. The van der Waals surface area contributed by atoms with Crippen LogP contribution >= 0.6 is 0 Å². The maximum absolute atomic E-state index is 13.7. The standard InChI is InChI=1S/C28H30N4O5/c1-17(2)32-25-20(16-29-32)14-28(15-22(25)33)10-12-31(13-11-28)26(34)21-8-9-23(37-3)30-24(21)18-4-6-19(7-5-18)27(35)36/h4-9,16-17H,10-15H2,1-3H3,(H,35,36). The fraction of sp³-hybridized carbons (Fsp3) is 0.393. The molecule has 192 valence electrons. The van der Waals surface area contributed by atoms with E-state index in [4.69, 9.17) is 4.74 Å². The Morgan fingerprint density at radius 2 is 1.76 bits per heavy atom. The highest BCUT2D eigenvalue weighted by molar-refractivity contribution is 6.00. The van der Waals surface area contributed by atoms with Crippen molar-refractivity contribution in [2.45, 2.75) is 45.6 Å². The molecule has 2 aliphatic rings. The van der Waals surface area contributed by atoms with E-state index in [2.05, 4.69) is 10.1 Å². The molecule has 1 amide bonds. The van der Waals surface area contributed by atoms with Crippen LogP contribution in [0.1, 0.15) is 75.9 Å². The van der Waals surface area contributed by atoms with Gasteiger partial charge in [0.25, 0.3) is 5.91 Å². The highest BCUT2D eigenvalue weighted by atomic mass is 16.5. The van der Waals surface area contributed by atoms with Crippen LogP contribution in [0.4, 0.5) is 0 Å². The summed E-state index contributed by atoms with van der Waals surface area (Å²) in [7, 11) is 1.51. The zero-order valence-corrected chi connectivity index (χ0v) is 21.2. The van der Waals surface area contributed by atoms with Gasteiger partial charge >= 0.3 is 5.97 Å². The number of carboxylic acids is 1. The highest BCUT2D eigenvalue weighted by Gasteiger charge is 2.43. The van der Waals surface area contributed by atoms with Gasteiger partial charge in [0.2, 0.25) is 5.88 Å². The van der Waals surface area contributed by atoms with E-state index in [1.807, 2.05) is 29.6 Å². The maximum atomic E-state index is 13.7. The molecule has 3 heterocycles. The van der Waals surface area contributed by atoms with Gasteiger partial charge in [0.1, 0.15) is 5.69 Å². The van der Waals surface area contributed by atoms with Gasteiger partial charge in [-0.1, -0.05) is 12.1 Å². The number of carbonyl (C=O) groups excluding carboxylic acids is 2. The Balaban J connectivity index is 1.36. The predicted molar refractivity (Wildman–Crippen MR) is 136 cm³/mol. The van der Waals surface area contributed by atoms with Crippen LogP contribution in [-0.4, -0.2) is 62.6 Å². The van der Waals surface area contributed by atoms with Gasteiger partial charge in [0.05, 0.1) is 30.1 Å². The second-order valence-electron chi connectivity index (χ2n) is 10.3. The van der Waals surface area contributed by atoms with Crippen molar-refractivity contribution in [3.05, 3.63) is 65.0 Å². The van der Waals surface area contributed by atoms with Gasteiger partial charge in [0.15, 0.2) is 5.78 Å². The summed E-state index contributed by atoms with van der Waals surface area (Å²) in [6, 6.07) is 9.78. The Kier molecular flexibility index (Phi) is 6.31. The van der Waals surface area contributed by atoms with Crippen LogP contribution in [0.25, 0.3) is 11.3 Å². The lowest BCUT2D eigenvalue weighted by Gasteiger charge is -2.43. The van der Waals surface area contributed by atoms with Crippen LogP contribution in [0.2, 0.25) is 0 Å². The fourth-order valence-electron chi connectivity index (χ4n) is 5.54. The number of carbonyl (C=O) groups is 3. The van der Waals surface area contributed by atoms with Gasteiger partial charge < -0.3 is 14.7 Å². The number of methoxy groups -OCH3 is 1. The summed E-state index contributed by atoms with van der Waals surface area (Å²) in [5.74, 6) is -0.657. The minimum absolute atomic E-state index is 0.133. The van der Waals surface area contributed by atoms with Crippen molar-refractivity contribution in [2.75, 3.05) is 20.2 Å². The number of carboxylic acid groups (broad SMARTS) is 1. The average molecular weight is 503 g/mol. The second kappa shape index (κ2) is 9.46. The van der Waals surface area contributed by atoms with Crippen molar-refractivity contribution in [3.8, 4) is 17.1 Å². The number of amides is 1. The molecule has 1 saturated heterocycles. The first-order chi connectivity index (χ1) is 17.7. The van der Waals surface area contributed by atoms with E-state index in [0.717, 1.165) is 30.5 Å². The zero-order valence-electron chi connectivity index (χ0n) is 21.2. The Hall–Kier alpha value is -4.01. The number of nitrogens with zero attached hydrogens (tertiary/aromatic N) is 4. The van der Waals surface area contributed by atoms with Gasteiger partial charge in [0, 0.05) is 42.7 Å². The van der Waals surface area contributed by atoms with Crippen LogP contribution in [0.5, 0.6) is 5.88 Å². The molecule has 2 aromatic heterocycles. The van der Waals surface area contributed by atoms with Crippen LogP contribution in [-0.2, 0) is 6.42 Å². The summed E-state index contributed by atoms with van der Waals surface area (Å²) in [5, 5.41) is 13.7. The Morgan fingerprint density at radius 1 is 1.05 bits per heavy atom. The topological polar surface area (TPSA) is 115 Å². The van der Waals surface area contributed by atoms with Crippen LogP contribution in [0.3, 0.4) is 0 Å². The number of aromatic nitrogens is 3. The maximum Gasteiger partial charge on any atom is 0.335 e. The van der Waals surface area contributed by atoms with Gasteiger partial charge in [-0.3, -0.25) is 14.3 Å². The van der Waals surface area contributed by atoms with Crippen LogP contribution < -0.4 is 4.74 Å². The van der Waals surface area contributed by atoms with Crippen molar-refractivity contribution >= 4 is 17.7 Å². The Labute approximate surface area is 215 Å². The molecular formula is C28H30N4O5. The molecule has 0 atom stereocenters. The number of likely N-dealkylation sites (tertiary alicyclic amines) is 1. The number of pyridine rings is 1. The number of fused-ring (bicyclic) bond motifs is 1. The molecule has 0 bridgehead atoms. The molecule has 1 fully saturated rings. The van der Waals surface area contributed by atoms with E-state index in [9.17, 15) is 19.5 Å². The number of rotatable bonds is 5. The van der Waals surface area contributed by atoms with Crippen molar-refractivity contribution in [1.29, 1.82) is 0 Å². The number of benzene rings is 1. The van der Waals surface area contributed by atoms with Gasteiger partial charge in [-0.05, 0) is 56.7 Å². The molecule has 0 unspecified atom stereocenters. The molecule has 1 N–H and O–H groups in total. The Morgan fingerprint density at radius 3 is 2.38 bits per heavy atom. The number of Topliss-reactive ketones (excluding diaryl/α,β-unsaturated/α-hetero) is 1. The summed E-state index contributed by atoms with van der Waals surface area (Å²) in [6.07, 6.45) is 4.59. The molecule has 9 heteroatoms. The third-order valence-corrected chi connectivity index (χ3v) is 7.55. The Bertz CT molecular complexity index is 1370. The summed E-state index contributed by atoms with van der Waals surface area (Å²) in [5.41, 5.74) is 3.26.